The minimum Gasteiger partial charge on any atom is -0.352 e. The number of alkyl halides is 3. The molecular formula is C36H35ClF3N3O4S. The number of sulfonamides is 1. The van der Waals surface area contributed by atoms with Gasteiger partial charge in [0.25, 0.3) is 10.0 Å². The summed E-state index contributed by atoms with van der Waals surface area (Å²) in [5.74, 6) is -1.17. The van der Waals surface area contributed by atoms with Crippen molar-refractivity contribution in [1.29, 1.82) is 0 Å². The zero-order chi connectivity index (χ0) is 34.3. The van der Waals surface area contributed by atoms with Gasteiger partial charge in [-0.25, -0.2) is 8.42 Å². The molecule has 1 aliphatic rings. The lowest BCUT2D eigenvalue weighted by Crippen LogP contribution is -2.54. The van der Waals surface area contributed by atoms with Crippen LogP contribution >= 0.6 is 11.6 Å². The number of halogens is 4. The highest BCUT2D eigenvalue weighted by Crippen LogP contribution is 2.33. The Balaban J connectivity index is 1.59. The lowest BCUT2D eigenvalue weighted by atomic mass is 10.0. The standard InChI is InChI=1S/C36H35ClF3N3O4S/c37-29-20-18-27(19-21-29)24-42(33(22-26-10-3-1-4-11-26)35(45)41-30-13-7-8-14-30)34(44)25-43(48(46,47)32-16-5-2-6-17-32)31-15-9-12-28(23-31)36(38,39)40/h1-6,9-12,15-21,23,30,33H,7-8,13-14,22,24-25H2,(H,41,45)/t33-/m0/s1. The topological polar surface area (TPSA) is 86.8 Å². The predicted molar refractivity (Wildman–Crippen MR) is 179 cm³/mol. The van der Waals surface area contributed by atoms with Gasteiger partial charge in [0.15, 0.2) is 0 Å². The quantitative estimate of drug-likeness (QED) is 0.169. The SMILES string of the molecule is O=C(NC1CCCC1)[C@H](Cc1ccccc1)N(Cc1ccc(Cl)cc1)C(=O)CN(c1cccc(C(F)(F)F)c1)S(=O)(=O)c1ccccc1. The summed E-state index contributed by atoms with van der Waals surface area (Å²) in [5, 5.41) is 3.54. The summed E-state index contributed by atoms with van der Waals surface area (Å²) >= 11 is 6.12. The van der Waals surface area contributed by atoms with E-state index in [2.05, 4.69) is 5.32 Å². The number of anilines is 1. The number of nitrogens with one attached hydrogen (secondary N) is 1. The molecule has 5 rings (SSSR count). The molecule has 252 valence electrons. The van der Waals surface area contributed by atoms with E-state index in [1.807, 2.05) is 30.3 Å². The fourth-order valence-electron chi connectivity index (χ4n) is 5.79. The van der Waals surface area contributed by atoms with Crippen LogP contribution in [0.15, 0.2) is 114 Å². The minimum atomic E-state index is -4.76. The number of rotatable bonds is 12. The van der Waals surface area contributed by atoms with Gasteiger partial charge in [0.05, 0.1) is 16.1 Å². The van der Waals surface area contributed by atoms with Crippen molar-refractivity contribution >= 4 is 39.1 Å². The Kier molecular flexibility index (Phi) is 11.1. The van der Waals surface area contributed by atoms with E-state index in [1.165, 1.54) is 35.2 Å². The summed E-state index contributed by atoms with van der Waals surface area (Å²) in [5.41, 5.74) is -0.0271. The van der Waals surface area contributed by atoms with Crippen molar-refractivity contribution < 1.29 is 31.2 Å². The van der Waals surface area contributed by atoms with Crippen molar-refractivity contribution in [3.8, 4) is 0 Å². The maximum absolute atomic E-state index is 14.5. The van der Waals surface area contributed by atoms with Crippen LogP contribution in [0.5, 0.6) is 0 Å². The first-order valence-corrected chi connectivity index (χ1v) is 17.4. The third kappa shape index (κ3) is 8.76. The van der Waals surface area contributed by atoms with E-state index >= 15 is 0 Å². The van der Waals surface area contributed by atoms with Crippen molar-refractivity contribution in [2.75, 3.05) is 10.8 Å². The molecule has 1 fully saturated rings. The first-order chi connectivity index (χ1) is 22.9. The second-order valence-electron chi connectivity index (χ2n) is 11.7. The maximum atomic E-state index is 14.5. The molecule has 48 heavy (non-hydrogen) atoms. The lowest BCUT2D eigenvalue weighted by molar-refractivity contribution is -0.140. The highest BCUT2D eigenvalue weighted by molar-refractivity contribution is 7.92. The number of carbonyl (C=O) groups is 2. The van der Waals surface area contributed by atoms with Gasteiger partial charge in [0.1, 0.15) is 12.6 Å². The van der Waals surface area contributed by atoms with Crippen molar-refractivity contribution in [3.05, 3.63) is 131 Å². The van der Waals surface area contributed by atoms with Crippen molar-refractivity contribution in [2.24, 2.45) is 0 Å². The molecule has 1 aliphatic carbocycles. The van der Waals surface area contributed by atoms with Crippen LogP contribution in [0.2, 0.25) is 5.02 Å². The monoisotopic (exact) mass is 697 g/mol. The average molecular weight is 698 g/mol. The predicted octanol–water partition coefficient (Wildman–Crippen LogP) is 7.25. The van der Waals surface area contributed by atoms with Gasteiger partial charge in [-0.05, 0) is 66.4 Å². The zero-order valence-electron chi connectivity index (χ0n) is 25.9. The zero-order valence-corrected chi connectivity index (χ0v) is 27.5. The van der Waals surface area contributed by atoms with Gasteiger partial charge in [0, 0.05) is 24.0 Å². The molecule has 4 aromatic rings. The Hall–Kier alpha value is -4.35. The Labute approximate surface area is 283 Å². The molecule has 0 aromatic heterocycles. The lowest BCUT2D eigenvalue weighted by Gasteiger charge is -2.34. The number of nitrogens with zero attached hydrogens (tertiary/aromatic N) is 2. The van der Waals surface area contributed by atoms with Crippen LogP contribution in [0.4, 0.5) is 18.9 Å². The Bertz CT molecular complexity index is 1800. The summed E-state index contributed by atoms with van der Waals surface area (Å²) in [6.45, 7) is -0.957. The summed E-state index contributed by atoms with van der Waals surface area (Å²) in [6.07, 6.45) is -1.12. The maximum Gasteiger partial charge on any atom is 0.416 e. The molecular weight excluding hydrogens is 663 g/mol. The number of benzene rings is 4. The molecule has 0 spiro atoms. The van der Waals surface area contributed by atoms with Crippen LogP contribution in [-0.2, 0) is 38.8 Å². The minimum absolute atomic E-state index is 0.0664. The van der Waals surface area contributed by atoms with Crippen LogP contribution in [0.25, 0.3) is 0 Å². The van der Waals surface area contributed by atoms with Crippen LogP contribution in [0.3, 0.4) is 0 Å². The van der Waals surface area contributed by atoms with E-state index in [-0.39, 0.29) is 29.6 Å². The molecule has 0 heterocycles. The van der Waals surface area contributed by atoms with E-state index in [0.717, 1.165) is 43.4 Å². The molecule has 0 bridgehead atoms. The third-order valence-corrected chi connectivity index (χ3v) is 10.4. The van der Waals surface area contributed by atoms with E-state index in [4.69, 9.17) is 11.6 Å². The van der Waals surface area contributed by atoms with E-state index in [0.29, 0.717) is 21.0 Å². The van der Waals surface area contributed by atoms with E-state index in [1.54, 1.807) is 30.3 Å². The van der Waals surface area contributed by atoms with Gasteiger partial charge < -0.3 is 10.2 Å². The summed E-state index contributed by atoms with van der Waals surface area (Å²) < 4.78 is 70.1. The molecule has 0 unspecified atom stereocenters. The van der Waals surface area contributed by atoms with Gasteiger partial charge in [-0.2, -0.15) is 13.2 Å². The molecule has 1 saturated carbocycles. The molecule has 0 aliphatic heterocycles. The van der Waals surface area contributed by atoms with Crippen LogP contribution in [-0.4, -0.2) is 43.8 Å². The van der Waals surface area contributed by atoms with Crippen molar-refractivity contribution in [1.82, 2.24) is 10.2 Å². The van der Waals surface area contributed by atoms with Gasteiger partial charge in [-0.15, -0.1) is 0 Å². The normalized spacial score (nSPS) is 14.3. The molecule has 1 atom stereocenters. The first-order valence-electron chi connectivity index (χ1n) is 15.5. The number of amides is 2. The Morgan fingerprint density at radius 1 is 0.833 bits per heavy atom. The summed E-state index contributed by atoms with van der Waals surface area (Å²) in [7, 11) is -4.55. The second kappa shape index (κ2) is 15.3. The largest absolute Gasteiger partial charge is 0.416 e. The number of hydrogen-bond acceptors (Lipinski definition) is 4. The Morgan fingerprint density at radius 3 is 2.08 bits per heavy atom. The van der Waals surface area contributed by atoms with E-state index in [9.17, 15) is 31.2 Å². The van der Waals surface area contributed by atoms with Crippen LogP contribution < -0.4 is 9.62 Å². The summed E-state index contributed by atoms with van der Waals surface area (Å²) in [6, 6.07) is 25.6. The number of hydrogen-bond donors (Lipinski definition) is 1. The van der Waals surface area contributed by atoms with Crippen molar-refractivity contribution in [2.45, 2.75) is 61.8 Å². The first kappa shape index (κ1) is 35.0. The van der Waals surface area contributed by atoms with Crippen LogP contribution in [0, 0.1) is 0 Å². The third-order valence-electron chi connectivity index (χ3n) is 8.31. The molecule has 0 saturated heterocycles. The van der Waals surface area contributed by atoms with Gasteiger partial charge in [0.2, 0.25) is 11.8 Å². The van der Waals surface area contributed by atoms with Crippen LogP contribution in [0.1, 0.15) is 42.4 Å². The van der Waals surface area contributed by atoms with Gasteiger partial charge in [-0.1, -0.05) is 91.2 Å². The average Bonchev–Trinajstić information content (AvgIpc) is 3.59. The van der Waals surface area contributed by atoms with E-state index < -0.39 is 46.2 Å². The molecule has 2 amide bonds. The number of carbonyl (C=O) groups excluding carboxylic acids is 2. The smallest absolute Gasteiger partial charge is 0.352 e. The molecule has 4 aromatic carbocycles. The highest BCUT2D eigenvalue weighted by Gasteiger charge is 2.37. The summed E-state index contributed by atoms with van der Waals surface area (Å²) in [4.78, 5) is 29.7. The van der Waals surface area contributed by atoms with Gasteiger partial charge >= 0.3 is 6.18 Å². The Morgan fingerprint density at radius 2 is 1.46 bits per heavy atom. The fraction of sp³-hybridized carbons (Fsp3) is 0.278. The molecule has 0 radical (unpaired) electrons. The van der Waals surface area contributed by atoms with Crippen molar-refractivity contribution in [3.63, 3.8) is 0 Å². The molecule has 12 heteroatoms. The second-order valence-corrected chi connectivity index (χ2v) is 14.0. The molecule has 7 nitrogen and oxygen atoms in total. The van der Waals surface area contributed by atoms with Gasteiger partial charge in [-0.3, -0.25) is 13.9 Å². The fourth-order valence-corrected chi connectivity index (χ4v) is 7.35. The molecule has 1 N–H and O–H groups in total. The highest BCUT2D eigenvalue weighted by atomic mass is 35.5.